The average molecular weight is 142 g/mol. The van der Waals surface area contributed by atoms with Crippen LogP contribution in [0.15, 0.2) is 0 Å². The van der Waals surface area contributed by atoms with Crippen LogP contribution in [-0.2, 0) is 0 Å². The highest BCUT2D eigenvalue weighted by molar-refractivity contribution is 6.29. The first-order chi connectivity index (χ1) is 2.81. The molecule has 0 rings (SSSR count). The zero-order valence-corrected chi connectivity index (χ0v) is 5.00. The Morgan fingerprint density at radius 1 is 1.71 bits per heavy atom. The van der Waals surface area contributed by atoms with Crippen LogP contribution in [0.4, 0.5) is 0 Å². The molecule has 0 aliphatic carbocycles. The minimum atomic E-state index is -0.522. The maximum Gasteiger partial charge on any atom is 0.134 e. The standard InChI is InChI=1S/C3H3Cl2N.H2O/c4-1-3(5)2-6;/h3H,1H2;1H2. The van der Waals surface area contributed by atoms with Crippen molar-refractivity contribution in [3.8, 4) is 6.07 Å². The first kappa shape index (κ1) is 10.1. The molecule has 0 saturated carbocycles. The summed E-state index contributed by atoms with van der Waals surface area (Å²) in [6.45, 7) is 0. The molecular weight excluding hydrogens is 137 g/mol. The van der Waals surface area contributed by atoms with E-state index in [4.69, 9.17) is 28.5 Å². The second-order valence-electron chi connectivity index (χ2n) is 0.751. The molecule has 1 atom stereocenters. The van der Waals surface area contributed by atoms with Gasteiger partial charge < -0.3 is 5.48 Å². The lowest BCUT2D eigenvalue weighted by Crippen LogP contribution is -1.91. The molecule has 0 bridgehead atoms. The SMILES string of the molecule is N#CC(Cl)CCl.O. The van der Waals surface area contributed by atoms with Gasteiger partial charge in [-0.1, -0.05) is 0 Å². The molecule has 0 radical (unpaired) electrons. The van der Waals surface area contributed by atoms with Gasteiger partial charge in [-0.2, -0.15) is 5.26 Å². The van der Waals surface area contributed by atoms with Gasteiger partial charge in [-0.15, -0.1) is 23.2 Å². The van der Waals surface area contributed by atoms with Gasteiger partial charge in [0.05, 0.1) is 11.9 Å². The third-order valence-corrected chi connectivity index (χ3v) is 0.994. The Kier molecular flexibility index (Phi) is 8.70. The van der Waals surface area contributed by atoms with Crippen LogP contribution >= 0.6 is 23.2 Å². The largest absolute Gasteiger partial charge is 0.412 e. The van der Waals surface area contributed by atoms with Crippen LogP contribution in [0.25, 0.3) is 0 Å². The maximum absolute atomic E-state index is 7.87. The predicted octanol–water partition coefficient (Wildman–Crippen LogP) is 0.531. The highest BCUT2D eigenvalue weighted by Gasteiger charge is 1.93. The molecule has 0 aliphatic heterocycles. The highest BCUT2D eigenvalue weighted by atomic mass is 35.5. The summed E-state index contributed by atoms with van der Waals surface area (Å²) < 4.78 is 0. The van der Waals surface area contributed by atoms with E-state index in [-0.39, 0.29) is 11.4 Å². The van der Waals surface area contributed by atoms with Crippen molar-refractivity contribution in [2.24, 2.45) is 0 Å². The monoisotopic (exact) mass is 141 g/mol. The summed E-state index contributed by atoms with van der Waals surface area (Å²) in [6.07, 6.45) is 0. The first-order valence-electron chi connectivity index (χ1n) is 1.41. The molecule has 1 unspecified atom stereocenters. The number of rotatable bonds is 1. The van der Waals surface area contributed by atoms with Crippen LogP contribution < -0.4 is 0 Å². The quantitative estimate of drug-likeness (QED) is 0.492. The van der Waals surface area contributed by atoms with Gasteiger partial charge in [0.1, 0.15) is 5.38 Å². The summed E-state index contributed by atoms with van der Waals surface area (Å²) in [5.74, 6) is 0.206. The van der Waals surface area contributed by atoms with Crippen molar-refractivity contribution in [1.82, 2.24) is 0 Å². The summed E-state index contributed by atoms with van der Waals surface area (Å²) in [4.78, 5) is 0. The van der Waals surface area contributed by atoms with Crippen molar-refractivity contribution in [3.63, 3.8) is 0 Å². The van der Waals surface area contributed by atoms with Gasteiger partial charge in [-0.3, -0.25) is 0 Å². The number of hydrogen-bond acceptors (Lipinski definition) is 1. The molecule has 0 aromatic heterocycles. The molecule has 2 N–H and O–H groups in total. The molecule has 0 amide bonds. The summed E-state index contributed by atoms with van der Waals surface area (Å²) in [7, 11) is 0. The van der Waals surface area contributed by atoms with Crippen molar-refractivity contribution < 1.29 is 5.48 Å². The van der Waals surface area contributed by atoms with E-state index in [1.54, 1.807) is 6.07 Å². The van der Waals surface area contributed by atoms with Gasteiger partial charge in [-0.25, -0.2) is 0 Å². The summed E-state index contributed by atoms with van der Waals surface area (Å²) >= 11 is 10.3. The number of hydrogen-bond donors (Lipinski definition) is 0. The summed E-state index contributed by atoms with van der Waals surface area (Å²) in [5, 5.41) is 7.35. The van der Waals surface area contributed by atoms with Gasteiger partial charge >= 0.3 is 0 Å². The molecular formula is C3H5Cl2NO. The van der Waals surface area contributed by atoms with Gasteiger partial charge in [0.15, 0.2) is 0 Å². The number of alkyl halides is 2. The minimum Gasteiger partial charge on any atom is -0.412 e. The molecule has 0 saturated heterocycles. The molecule has 4 heteroatoms. The third kappa shape index (κ3) is 6.03. The molecule has 2 nitrogen and oxygen atoms in total. The van der Waals surface area contributed by atoms with E-state index in [2.05, 4.69) is 0 Å². The van der Waals surface area contributed by atoms with Crippen molar-refractivity contribution in [2.75, 3.05) is 5.88 Å². The van der Waals surface area contributed by atoms with Crippen LogP contribution in [0.3, 0.4) is 0 Å². The molecule has 0 aromatic rings. The summed E-state index contributed by atoms with van der Waals surface area (Å²) in [5.41, 5.74) is 0. The Hall–Kier alpha value is 0.0300. The highest BCUT2D eigenvalue weighted by Crippen LogP contribution is 1.93. The molecule has 0 heterocycles. The second kappa shape index (κ2) is 6.03. The van der Waals surface area contributed by atoms with E-state index in [9.17, 15) is 0 Å². The number of nitriles is 1. The lowest BCUT2D eigenvalue weighted by Gasteiger charge is -1.82. The fraction of sp³-hybridized carbons (Fsp3) is 0.667. The van der Waals surface area contributed by atoms with Crippen LogP contribution in [0, 0.1) is 11.3 Å². The number of nitrogens with zero attached hydrogens (tertiary/aromatic N) is 1. The Bertz CT molecular complexity index is 69.8. The van der Waals surface area contributed by atoms with Gasteiger partial charge in [-0.05, 0) is 0 Å². The van der Waals surface area contributed by atoms with Gasteiger partial charge in [0.2, 0.25) is 0 Å². The maximum atomic E-state index is 7.87. The second-order valence-corrected chi connectivity index (χ2v) is 1.59. The minimum absolute atomic E-state index is 0. The van der Waals surface area contributed by atoms with E-state index in [1.807, 2.05) is 0 Å². The Balaban J connectivity index is 0. The normalized spacial score (nSPS) is 11.0. The zero-order chi connectivity index (χ0) is 4.99. The van der Waals surface area contributed by atoms with Gasteiger partial charge in [0, 0.05) is 0 Å². The molecule has 42 valence electrons. The lowest BCUT2D eigenvalue weighted by atomic mass is 10.5. The number of halogens is 2. The molecule has 7 heavy (non-hydrogen) atoms. The fourth-order valence-electron chi connectivity index (χ4n) is 0.0345. The Morgan fingerprint density at radius 2 is 2.14 bits per heavy atom. The van der Waals surface area contributed by atoms with E-state index in [0.29, 0.717) is 0 Å². The molecule has 0 aromatic carbocycles. The summed E-state index contributed by atoms with van der Waals surface area (Å²) in [6, 6.07) is 1.75. The first-order valence-corrected chi connectivity index (χ1v) is 2.38. The van der Waals surface area contributed by atoms with Crippen LogP contribution in [-0.4, -0.2) is 16.7 Å². The third-order valence-electron chi connectivity index (χ3n) is 0.276. The topological polar surface area (TPSA) is 55.3 Å². The molecule has 0 fully saturated rings. The lowest BCUT2D eigenvalue weighted by molar-refractivity contribution is 0.824. The smallest absolute Gasteiger partial charge is 0.134 e. The molecule has 0 aliphatic rings. The van der Waals surface area contributed by atoms with Crippen LogP contribution in [0.5, 0.6) is 0 Å². The van der Waals surface area contributed by atoms with Crippen molar-refractivity contribution in [1.29, 1.82) is 5.26 Å². The predicted molar refractivity (Wildman–Crippen MR) is 29.6 cm³/mol. The van der Waals surface area contributed by atoms with E-state index in [1.165, 1.54) is 0 Å². The average Bonchev–Trinajstić information content (AvgIpc) is 1.65. The molecule has 0 spiro atoms. The van der Waals surface area contributed by atoms with E-state index >= 15 is 0 Å². The Morgan fingerprint density at radius 3 is 2.14 bits per heavy atom. The fourth-order valence-corrected chi connectivity index (χ4v) is 0.104. The van der Waals surface area contributed by atoms with Crippen molar-refractivity contribution in [2.45, 2.75) is 5.38 Å². The van der Waals surface area contributed by atoms with E-state index in [0.717, 1.165) is 0 Å². The van der Waals surface area contributed by atoms with Crippen molar-refractivity contribution in [3.05, 3.63) is 0 Å². The Labute approximate surface area is 51.9 Å². The zero-order valence-electron chi connectivity index (χ0n) is 3.49. The van der Waals surface area contributed by atoms with Crippen LogP contribution in [0.2, 0.25) is 0 Å². The van der Waals surface area contributed by atoms with Crippen LogP contribution in [0.1, 0.15) is 0 Å². The van der Waals surface area contributed by atoms with E-state index < -0.39 is 5.38 Å². The van der Waals surface area contributed by atoms with Crippen molar-refractivity contribution >= 4 is 23.2 Å². The van der Waals surface area contributed by atoms with Gasteiger partial charge in [0.25, 0.3) is 0 Å².